The fraction of sp³-hybridized carbons (Fsp3) is 0.886. The third-order valence-corrected chi connectivity index (χ3v) is 8.28. The molecule has 1 fully saturated rings. The van der Waals surface area contributed by atoms with Crippen LogP contribution in [0.25, 0.3) is 0 Å². The van der Waals surface area contributed by atoms with Crippen LogP contribution < -0.4 is 40.0 Å². The predicted molar refractivity (Wildman–Crippen MR) is 176 cm³/mol. The summed E-state index contributed by atoms with van der Waals surface area (Å²) in [4.78, 5) is 44.8. The van der Waals surface area contributed by atoms with E-state index in [2.05, 4.69) is 19.2 Å². The van der Waals surface area contributed by atoms with E-state index in [0.717, 1.165) is 38.5 Å². The second-order valence-corrected chi connectivity index (χ2v) is 12.6. The summed E-state index contributed by atoms with van der Waals surface area (Å²) in [6.07, 6.45) is 17.0. The fourth-order valence-electron chi connectivity index (χ4n) is 5.35. The number of unbranched alkanes of at least 4 members (excludes halogenated alkanes) is 16. The van der Waals surface area contributed by atoms with Gasteiger partial charge in [0.1, 0.15) is 24.4 Å². The van der Waals surface area contributed by atoms with Gasteiger partial charge in [-0.25, -0.2) is 4.79 Å². The number of carboxylic acid groups (broad SMARTS) is 2. The Kier molecular flexibility index (Phi) is 33.5. The van der Waals surface area contributed by atoms with Gasteiger partial charge in [-0.2, -0.15) is 0 Å². The van der Waals surface area contributed by atoms with Crippen LogP contribution in [-0.4, -0.2) is 87.9 Å². The average Bonchev–Trinajstić information content (AvgIpc) is 3.37. The number of hydrogen-bond acceptors (Lipinski definition) is 10. The zero-order valence-electron chi connectivity index (χ0n) is 30.0. The van der Waals surface area contributed by atoms with Gasteiger partial charge in [0.2, 0.25) is 5.91 Å². The van der Waals surface area contributed by atoms with Crippen LogP contribution in [0.5, 0.6) is 0 Å². The molecule has 0 bridgehead atoms. The van der Waals surface area contributed by atoms with Crippen LogP contribution in [0, 0.1) is 0 Å². The van der Waals surface area contributed by atoms with E-state index in [0.29, 0.717) is 6.42 Å². The molecule has 276 valence electrons. The zero-order valence-corrected chi connectivity index (χ0v) is 32.0. The summed E-state index contributed by atoms with van der Waals surface area (Å²) in [5, 5.41) is 50.2. The van der Waals surface area contributed by atoms with Gasteiger partial charge < -0.3 is 45.1 Å². The molecule has 1 saturated heterocycles. The first-order valence-electron chi connectivity index (χ1n) is 18.1. The molecule has 0 radical (unpaired) electrons. The number of ether oxygens (including phenoxy) is 2. The molecule has 0 spiro atoms. The molecule has 13 heteroatoms. The Labute approximate surface area is 310 Å². The summed E-state index contributed by atoms with van der Waals surface area (Å²) in [7, 11) is 0. The quantitative estimate of drug-likeness (QED) is 0.0443. The number of aliphatic hydroxyl groups is 3. The molecule has 0 aromatic heterocycles. The van der Waals surface area contributed by atoms with Crippen LogP contribution in [-0.2, 0) is 28.7 Å². The maximum atomic E-state index is 11.8. The summed E-state index contributed by atoms with van der Waals surface area (Å²) >= 11 is 0. The van der Waals surface area contributed by atoms with Gasteiger partial charge in [-0.3, -0.25) is 9.59 Å². The van der Waals surface area contributed by atoms with Crippen LogP contribution in [0.15, 0.2) is 0 Å². The normalized spacial score (nSPS) is 18.1. The molecule has 1 aliphatic rings. The molecule has 1 amide bonds. The van der Waals surface area contributed by atoms with Crippen LogP contribution in [0.1, 0.15) is 155 Å². The molecule has 1 heterocycles. The molecule has 0 unspecified atom stereocenters. The maximum absolute atomic E-state index is 11.8. The van der Waals surface area contributed by atoms with Crippen molar-refractivity contribution in [2.45, 2.75) is 186 Å². The van der Waals surface area contributed by atoms with Gasteiger partial charge in [-0.15, -0.1) is 0 Å². The van der Waals surface area contributed by atoms with E-state index >= 15 is 0 Å². The first kappa shape index (κ1) is 48.8. The first-order chi connectivity index (χ1) is 22.6. The van der Waals surface area contributed by atoms with Gasteiger partial charge in [-0.05, 0) is 25.7 Å². The largest absolute Gasteiger partial charge is 1.00 e. The minimum absolute atomic E-state index is 0. The van der Waals surface area contributed by atoms with E-state index in [9.17, 15) is 39.6 Å². The first-order valence-corrected chi connectivity index (χ1v) is 18.1. The van der Waals surface area contributed by atoms with Crippen molar-refractivity contribution in [3.8, 4) is 0 Å². The topological polar surface area (TPSA) is 203 Å². The Balaban J connectivity index is 0. The Hall–Kier alpha value is -1.28. The maximum Gasteiger partial charge on any atom is 1.00 e. The van der Waals surface area contributed by atoms with Gasteiger partial charge in [0.25, 0.3) is 0 Å². The van der Waals surface area contributed by atoms with Crippen molar-refractivity contribution in [2.24, 2.45) is 0 Å². The minimum atomic E-state index is -1.32. The second-order valence-electron chi connectivity index (χ2n) is 12.6. The van der Waals surface area contributed by atoms with Crippen LogP contribution in [0.4, 0.5) is 0 Å². The van der Waals surface area contributed by atoms with Gasteiger partial charge >= 0.3 is 41.5 Å². The Bertz CT molecular complexity index is 832. The second kappa shape index (κ2) is 32.9. The Morgan fingerprint density at radius 3 is 1.62 bits per heavy atom. The van der Waals surface area contributed by atoms with Gasteiger partial charge in [0, 0.05) is 18.8 Å². The van der Waals surface area contributed by atoms with Crippen molar-refractivity contribution in [1.29, 1.82) is 0 Å². The summed E-state index contributed by atoms with van der Waals surface area (Å²) in [6.45, 7) is 3.96. The van der Waals surface area contributed by atoms with E-state index in [1.165, 1.54) is 77.0 Å². The van der Waals surface area contributed by atoms with E-state index in [1.807, 2.05) is 0 Å². The van der Waals surface area contributed by atoms with Crippen molar-refractivity contribution < 1.29 is 83.7 Å². The monoisotopic (exact) mass is 697 g/mol. The Morgan fingerprint density at radius 1 is 0.771 bits per heavy atom. The molecular formula is C35H64NNaO11. The Morgan fingerprint density at radius 2 is 1.23 bits per heavy atom. The number of hydrogen-bond donors (Lipinski definition) is 5. The van der Waals surface area contributed by atoms with Gasteiger partial charge in [0.05, 0.1) is 13.2 Å². The van der Waals surface area contributed by atoms with E-state index < -0.39 is 55.0 Å². The van der Waals surface area contributed by atoms with Crippen LogP contribution in [0.3, 0.4) is 0 Å². The standard InChI is InChI=1S/C18H34O6.C17H31NO5.Na/c1-2-3-4-5-6-7-8-9-10-11-16(21)24-15(12-19)18-17(22)14(20)13-23-18;1-2-3-4-5-6-7-8-9-10-11-15(19)18-14(17(22)23)12-13-16(20)21;/h14-15,17-20,22H,2-13H2,1H3;14H,2-13H2,1H3,(H,18,19)(H,20,21)(H,22,23);/q;;+1/p-1/t14-,15+,17+,18+;14-;/m00./s1. The number of carbonyl (C=O) groups excluding carboxylic acids is 3. The zero-order chi connectivity index (χ0) is 35.3. The van der Waals surface area contributed by atoms with Gasteiger partial charge in [-0.1, -0.05) is 117 Å². The number of aliphatic carboxylic acids is 2. The average molecular weight is 698 g/mol. The molecule has 0 saturated carbocycles. The smallest absolute Gasteiger partial charge is 0.550 e. The number of nitrogens with one attached hydrogen (secondary N) is 1. The van der Waals surface area contributed by atoms with Crippen molar-refractivity contribution >= 4 is 23.8 Å². The predicted octanol–water partition coefficient (Wildman–Crippen LogP) is 0.943. The molecular weight excluding hydrogens is 633 g/mol. The van der Waals surface area contributed by atoms with E-state index in [-0.39, 0.29) is 61.3 Å². The molecule has 5 atom stereocenters. The summed E-state index contributed by atoms with van der Waals surface area (Å²) in [5.41, 5.74) is 0. The molecule has 0 aromatic carbocycles. The van der Waals surface area contributed by atoms with Crippen molar-refractivity contribution in [3.63, 3.8) is 0 Å². The molecule has 12 nitrogen and oxygen atoms in total. The number of esters is 1. The van der Waals surface area contributed by atoms with E-state index in [4.69, 9.17) is 14.6 Å². The number of amides is 1. The minimum Gasteiger partial charge on any atom is -0.550 e. The van der Waals surface area contributed by atoms with Crippen molar-refractivity contribution in [1.82, 2.24) is 5.32 Å². The number of aliphatic hydroxyl groups excluding tert-OH is 3. The van der Waals surface area contributed by atoms with Crippen LogP contribution >= 0.6 is 0 Å². The third-order valence-electron chi connectivity index (χ3n) is 8.28. The number of carbonyl (C=O) groups is 4. The van der Waals surface area contributed by atoms with Crippen molar-refractivity contribution in [3.05, 3.63) is 0 Å². The number of rotatable bonds is 28. The number of carboxylic acids is 2. The van der Waals surface area contributed by atoms with Crippen LogP contribution in [0.2, 0.25) is 0 Å². The van der Waals surface area contributed by atoms with Crippen molar-refractivity contribution in [2.75, 3.05) is 13.2 Å². The fourth-order valence-corrected chi connectivity index (χ4v) is 5.35. The molecule has 5 N–H and O–H groups in total. The summed E-state index contributed by atoms with van der Waals surface area (Å²) < 4.78 is 10.4. The molecule has 48 heavy (non-hydrogen) atoms. The summed E-state index contributed by atoms with van der Waals surface area (Å²) in [5.74, 6) is -3.26. The molecule has 0 aromatic rings. The molecule has 1 aliphatic heterocycles. The SMILES string of the molecule is CCCCCCCCCCCC(=O)N[C@@H](CCC(=O)[O-])C(=O)O.CCCCCCCCCCCC(=O)O[C@H](CO)[C@H]1OC[C@H](O)[C@H]1O.[Na+]. The summed E-state index contributed by atoms with van der Waals surface area (Å²) in [6, 6.07) is -1.15. The molecule has 1 rings (SSSR count). The van der Waals surface area contributed by atoms with Gasteiger partial charge in [0.15, 0.2) is 6.10 Å². The molecule has 0 aliphatic carbocycles. The third kappa shape index (κ3) is 26.6. The van der Waals surface area contributed by atoms with E-state index in [1.54, 1.807) is 0 Å².